The van der Waals surface area contributed by atoms with Gasteiger partial charge in [-0.15, -0.1) is 0 Å². The third kappa shape index (κ3) is 1.83. The highest BCUT2D eigenvalue weighted by atomic mass is 32.2. The maximum absolute atomic E-state index is 12.6. The molecule has 4 heteroatoms. The molecule has 0 aliphatic carbocycles. The molecule has 1 saturated heterocycles. The molecule has 1 aliphatic heterocycles. The highest BCUT2D eigenvalue weighted by Gasteiger charge is 2.38. The number of halogens is 2. The van der Waals surface area contributed by atoms with E-state index in [1.165, 1.54) is 11.8 Å². The van der Waals surface area contributed by atoms with Crippen molar-refractivity contribution in [1.82, 2.24) is 0 Å². The van der Waals surface area contributed by atoms with Crippen LogP contribution in [-0.4, -0.2) is 28.6 Å². The van der Waals surface area contributed by atoms with Gasteiger partial charge >= 0.3 is 0 Å². The minimum absolute atomic E-state index is 0.182. The van der Waals surface area contributed by atoms with Crippen molar-refractivity contribution in [2.45, 2.75) is 24.9 Å². The predicted octanol–water partition coefficient (Wildman–Crippen LogP) is 1.51. The summed E-state index contributed by atoms with van der Waals surface area (Å²) in [6.07, 6.45) is -1.38. The smallest absolute Gasteiger partial charge is 0.274 e. The SMILES string of the molecule is OC1CCSCCC1(F)F. The van der Waals surface area contributed by atoms with E-state index in [9.17, 15) is 8.78 Å². The molecule has 0 aromatic carbocycles. The van der Waals surface area contributed by atoms with Crippen LogP contribution in [0.2, 0.25) is 0 Å². The van der Waals surface area contributed by atoms with Gasteiger partial charge < -0.3 is 5.11 Å². The summed E-state index contributed by atoms with van der Waals surface area (Å²) in [5.41, 5.74) is 0. The summed E-state index contributed by atoms with van der Waals surface area (Å²) in [5.74, 6) is -1.73. The van der Waals surface area contributed by atoms with E-state index < -0.39 is 12.0 Å². The zero-order valence-electron chi connectivity index (χ0n) is 5.52. The van der Waals surface area contributed by atoms with Crippen molar-refractivity contribution < 1.29 is 13.9 Å². The minimum Gasteiger partial charge on any atom is -0.387 e. The lowest BCUT2D eigenvalue weighted by molar-refractivity contribution is -0.108. The Balaban J connectivity index is 2.52. The molecule has 0 aromatic rings. The summed E-state index contributed by atoms with van der Waals surface area (Å²) in [6.45, 7) is 0. The van der Waals surface area contributed by atoms with Gasteiger partial charge in [0, 0.05) is 6.42 Å². The molecule has 0 saturated carbocycles. The summed E-state index contributed by atoms with van der Waals surface area (Å²) in [7, 11) is 0. The van der Waals surface area contributed by atoms with E-state index in [1.807, 2.05) is 0 Å². The molecule has 10 heavy (non-hydrogen) atoms. The first kappa shape index (κ1) is 8.27. The normalized spacial score (nSPS) is 33.3. The van der Waals surface area contributed by atoms with Gasteiger partial charge in [0.15, 0.2) is 0 Å². The Labute approximate surface area is 62.8 Å². The molecule has 1 unspecified atom stereocenters. The van der Waals surface area contributed by atoms with E-state index in [-0.39, 0.29) is 12.8 Å². The fourth-order valence-corrected chi connectivity index (χ4v) is 1.89. The molecule has 0 spiro atoms. The van der Waals surface area contributed by atoms with Crippen molar-refractivity contribution in [2.24, 2.45) is 0 Å². The van der Waals surface area contributed by atoms with Crippen LogP contribution in [0, 0.1) is 0 Å². The van der Waals surface area contributed by atoms with Crippen LogP contribution in [0.15, 0.2) is 0 Å². The summed E-state index contributed by atoms with van der Waals surface area (Å²) in [4.78, 5) is 0. The van der Waals surface area contributed by atoms with Crippen LogP contribution in [0.4, 0.5) is 8.78 Å². The van der Waals surface area contributed by atoms with Gasteiger partial charge in [-0.05, 0) is 17.9 Å². The molecule has 0 aromatic heterocycles. The summed E-state index contributed by atoms with van der Waals surface area (Å²) >= 11 is 1.48. The Hall–Kier alpha value is 0.170. The topological polar surface area (TPSA) is 20.2 Å². The number of alkyl halides is 2. The van der Waals surface area contributed by atoms with Gasteiger partial charge in [0.05, 0.1) is 0 Å². The first-order chi connectivity index (χ1) is 4.63. The lowest BCUT2D eigenvalue weighted by atomic mass is 10.1. The van der Waals surface area contributed by atoms with Gasteiger partial charge in [0.2, 0.25) is 0 Å². The van der Waals surface area contributed by atoms with Crippen LogP contribution in [0.3, 0.4) is 0 Å². The maximum Gasteiger partial charge on any atom is 0.274 e. The van der Waals surface area contributed by atoms with E-state index in [1.54, 1.807) is 0 Å². The molecule has 1 aliphatic rings. The molecule has 1 N–H and O–H groups in total. The summed E-state index contributed by atoms with van der Waals surface area (Å²) in [6, 6.07) is 0. The van der Waals surface area contributed by atoms with E-state index >= 15 is 0 Å². The summed E-state index contributed by atoms with van der Waals surface area (Å²) < 4.78 is 25.2. The number of aliphatic hydroxyl groups excluding tert-OH is 1. The standard InChI is InChI=1S/C6H10F2OS/c7-6(8)2-4-10-3-1-5(6)9/h5,9H,1-4H2. The number of rotatable bonds is 0. The van der Waals surface area contributed by atoms with E-state index in [0.29, 0.717) is 11.5 Å². The second-order valence-electron chi connectivity index (χ2n) is 2.43. The molecule has 1 rings (SSSR count). The first-order valence-corrected chi connectivity index (χ1v) is 4.42. The van der Waals surface area contributed by atoms with Crippen molar-refractivity contribution in [3.8, 4) is 0 Å². The van der Waals surface area contributed by atoms with Crippen LogP contribution in [0.25, 0.3) is 0 Å². The number of thioether (sulfide) groups is 1. The molecule has 1 atom stereocenters. The number of hydrogen-bond donors (Lipinski definition) is 1. The third-order valence-corrected chi connectivity index (χ3v) is 2.62. The van der Waals surface area contributed by atoms with Crippen molar-refractivity contribution >= 4 is 11.8 Å². The fraction of sp³-hybridized carbons (Fsp3) is 1.00. The Morgan fingerprint density at radius 2 is 2.10 bits per heavy atom. The zero-order chi connectivity index (χ0) is 7.61. The van der Waals surface area contributed by atoms with Gasteiger partial charge in [-0.25, -0.2) is 8.78 Å². The lowest BCUT2D eigenvalue weighted by Gasteiger charge is -2.18. The second kappa shape index (κ2) is 3.05. The molecule has 0 bridgehead atoms. The average molecular weight is 168 g/mol. The first-order valence-electron chi connectivity index (χ1n) is 3.26. The van der Waals surface area contributed by atoms with Crippen LogP contribution in [-0.2, 0) is 0 Å². The van der Waals surface area contributed by atoms with Crippen LogP contribution in [0.1, 0.15) is 12.8 Å². The Morgan fingerprint density at radius 3 is 2.80 bits per heavy atom. The number of aliphatic hydroxyl groups is 1. The number of hydrogen-bond acceptors (Lipinski definition) is 2. The lowest BCUT2D eigenvalue weighted by Crippen LogP contribution is -2.32. The molecule has 60 valence electrons. The van der Waals surface area contributed by atoms with Crippen molar-refractivity contribution in [2.75, 3.05) is 11.5 Å². The van der Waals surface area contributed by atoms with Crippen molar-refractivity contribution in [3.05, 3.63) is 0 Å². The molecule has 0 radical (unpaired) electrons. The molecule has 1 fully saturated rings. The monoisotopic (exact) mass is 168 g/mol. The largest absolute Gasteiger partial charge is 0.387 e. The van der Waals surface area contributed by atoms with Gasteiger partial charge in [0.25, 0.3) is 5.92 Å². The minimum atomic E-state index is -2.84. The molecular formula is C6H10F2OS. The summed E-state index contributed by atoms with van der Waals surface area (Å²) in [5, 5.41) is 8.85. The Morgan fingerprint density at radius 1 is 1.40 bits per heavy atom. The van der Waals surface area contributed by atoms with Crippen molar-refractivity contribution in [3.63, 3.8) is 0 Å². The van der Waals surface area contributed by atoms with E-state index in [2.05, 4.69) is 0 Å². The molecule has 1 nitrogen and oxygen atoms in total. The fourth-order valence-electron chi connectivity index (χ4n) is 0.883. The van der Waals surface area contributed by atoms with Gasteiger partial charge in [-0.1, -0.05) is 0 Å². The molecule has 1 heterocycles. The highest BCUT2D eigenvalue weighted by Crippen LogP contribution is 2.30. The second-order valence-corrected chi connectivity index (χ2v) is 3.65. The third-order valence-electron chi connectivity index (χ3n) is 1.60. The average Bonchev–Trinajstić information content (AvgIpc) is 1.96. The van der Waals surface area contributed by atoms with Crippen LogP contribution in [0.5, 0.6) is 0 Å². The van der Waals surface area contributed by atoms with E-state index in [4.69, 9.17) is 5.11 Å². The maximum atomic E-state index is 12.6. The van der Waals surface area contributed by atoms with Crippen LogP contribution >= 0.6 is 11.8 Å². The molecular weight excluding hydrogens is 158 g/mol. The highest BCUT2D eigenvalue weighted by molar-refractivity contribution is 7.99. The quantitative estimate of drug-likeness (QED) is 0.591. The predicted molar refractivity (Wildman–Crippen MR) is 37.5 cm³/mol. The van der Waals surface area contributed by atoms with Crippen LogP contribution < -0.4 is 0 Å². The van der Waals surface area contributed by atoms with Crippen molar-refractivity contribution in [1.29, 1.82) is 0 Å². The Kier molecular flexibility index (Phi) is 2.52. The molecule has 0 amide bonds. The van der Waals surface area contributed by atoms with E-state index in [0.717, 1.165) is 0 Å². The van der Waals surface area contributed by atoms with Gasteiger partial charge in [-0.3, -0.25) is 0 Å². The van der Waals surface area contributed by atoms with Gasteiger partial charge in [-0.2, -0.15) is 11.8 Å². The van der Waals surface area contributed by atoms with Gasteiger partial charge in [0.1, 0.15) is 6.10 Å². The zero-order valence-corrected chi connectivity index (χ0v) is 6.33. The Bertz CT molecular complexity index is 118.